The average molecular weight is 188 g/mol. The molecule has 0 radical (unpaired) electrons. The fraction of sp³-hybridized carbons (Fsp3) is 0.900. The first-order valence-electron chi connectivity index (χ1n) is 4.46. The number of thiocarbonyl (C=S) groups is 1. The van der Waals surface area contributed by atoms with Gasteiger partial charge in [-0.3, -0.25) is 0 Å². The highest BCUT2D eigenvalue weighted by Crippen LogP contribution is 2.26. The van der Waals surface area contributed by atoms with E-state index in [1.54, 1.807) is 0 Å². The molecule has 2 heteroatoms. The van der Waals surface area contributed by atoms with Crippen LogP contribution in [0.1, 0.15) is 34.6 Å². The second-order valence-corrected chi connectivity index (χ2v) is 5.09. The third-order valence-electron chi connectivity index (χ3n) is 2.08. The van der Waals surface area contributed by atoms with E-state index in [9.17, 15) is 0 Å². The van der Waals surface area contributed by atoms with Gasteiger partial charge in [0.15, 0.2) is 0 Å². The third-order valence-corrected chi connectivity index (χ3v) is 2.99. The van der Waals surface area contributed by atoms with E-state index >= 15 is 0 Å². The van der Waals surface area contributed by atoms with Crippen molar-refractivity contribution >= 4 is 17.1 Å². The van der Waals surface area contributed by atoms with Crippen LogP contribution < -0.4 is 0 Å². The van der Waals surface area contributed by atoms with E-state index in [1.165, 1.54) is 0 Å². The molecule has 0 aromatic rings. The summed E-state index contributed by atoms with van der Waals surface area (Å²) in [4.78, 5) is 0.986. The number of hydrogen-bond donors (Lipinski definition) is 1. The standard InChI is InChI=1S/C10H20OS/c1-7(2)8(6-11)9(12)10(3,4)5/h7-8,11H,6H2,1-5H3/t8-/m1/s1. The van der Waals surface area contributed by atoms with E-state index in [0.717, 1.165) is 4.86 Å². The molecule has 0 aromatic carbocycles. The van der Waals surface area contributed by atoms with E-state index in [1.807, 2.05) is 0 Å². The fourth-order valence-electron chi connectivity index (χ4n) is 1.15. The van der Waals surface area contributed by atoms with Gasteiger partial charge in [-0.05, 0) is 11.3 Å². The van der Waals surface area contributed by atoms with Crippen molar-refractivity contribution in [3.8, 4) is 0 Å². The Morgan fingerprint density at radius 3 is 1.83 bits per heavy atom. The summed E-state index contributed by atoms with van der Waals surface area (Å²) in [6, 6.07) is 0. The molecule has 1 N–H and O–H groups in total. The Kier molecular flexibility index (Phi) is 4.35. The summed E-state index contributed by atoms with van der Waals surface area (Å²) in [6.07, 6.45) is 0. The molecule has 1 nitrogen and oxygen atoms in total. The highest BCUT2D eigenvalue weighted by Gasteiger charge is 2.26. The maximum absolute atomic E-state index is 9.14. The van der Waals surface area contributed by atoms with Crippen molar-refractivity contribution < 1.29 is 5.11 Å². The lowest BCUT2D eigenvalue weighted by molar-refractivity contribution is 0.227. The van der Waals surface area contributed by atoms with Crippen molar-refractivity contribution in [2.45, 2.75) is 34.6 Å². The SMILES string of the molecule is CC(C)[C@@H](CO)C(=S)C(C)(C)C. The lowest BCUT2D eigenvalue weighted by Crippen LogP contribution is -2.32. The van der Waals surface area contributed by atoms with Crippen LogP contribution in [-0.2, 0) is 0 Å². The Hall–Kier alpha value is 0.0500. The van der Waals surface area contributed by atoms with Crippen LogP contribution in [-0.4, -0.2) is 16.6 Å². The topological polar surface area (TPSA) is 20.2 Å². The number of aliphatic hydroxyl groups is 1. The van der Waals surface area contributed by atoms with Gasteiger partial charge in [-0.25, -0.2) is 0 Å². The summed E-state index contributed by atoms with van der Waals surface area (Å²) < 4.78 is 0. The van der Waals surface area contributed by atoms with Gasteiger partial charge in [0.05, 0.1) is 6.61 Å². The van der Waals surface area contributed by atoms with E-state index in [2.05, 4.69) is 34.6 Å². The van der Waals surface area contributed by atoms with Gasteiger partial charge in [0.1, 0.15) is 0 Å². The highest BCUT2D eigenvalue weighted by atomic mass is 32.1. The van der Waals surface area contributed by atoms with Crippen molar-refractivity contribution in [1.29, 1.82) is 0 Å². The number of rotatable bonds is 3. The van der Waals surface area contributed by atoms with E-state index in [-0.39, 0.29) is 17.9 Å². The van der Waals surface area contributed by atoms with Crippen LogP contribution in [0, 0.1) is 17.3 Å². The molecule has 0 aliphatic carbocycles. The van der Waals surface area contributed by atoms with Crippen molar-refractivity contribution in [3.63, 3.8) is 0 Å². The minimum absolute atomic E-state index is 0.0347. The first-order chi connectivity index (χ1) is 5.30. The van der Waals surface area contributed by atoms with Crippen LogP contribution in [0.15, 0.2) is 0 Å². The van der Waals surface area contributed by atoms with E-state index in [4.69, 9.17) is 17.3 Å². The Balaban J connectivity index is 4.44. The summed E-state index contributed by atoms with van der Waals surface area (Å²) in [5.41, 5.74) is 0.0347. The van der Waals surface area contributed by atoms with Crippen molar-refractivity contribution in [2.75, 3.05) is 6.61 Å². The summed E-state index contributed by atoms with van der Waals surface area (Å²) >= 11 is 5.33. The molecule has 72 valence electrons. The second kappa shape index (κ2) is 4.33. The monoisotopic (exact) mass is 188 g/mol. The smallest absolute Gasteiger partial charge is 0.0507 e. The van der Waals surface area contributed by atoms with Gasteiger partial charge in [0.2, 0.25) is 0 Å². The van der Waals surface area contributed by atoms with Crippen molar-refractivity contribution in [3.05, 3.63) is 0 Å². The van der Waals surface area contributed by atoms with Crippen LogP contribution in [0.25, 0.3) is 0 Å². The molecule has 0 fully saturated rings. The Labute approximate surface area is 81.2 Å². The van der Waals surface area contributed by atoms with Gasteiger partial charge in [0, 0.05) is 10.8 Å². The molecule has 0 aromatic heterocycles. The van der Waals surface area contributed by atoms with Crippen LogP contribution >= 0.6 is 12.2 Å². The van der Waals surface area contributed by atoms with Crippen LogP contribution in [0.5, 0.6) is 0 Å². The van der Waals surface area contributed by atoms with Crippen molar-refractivity contribution in [2.24, 2.45) is 17.3 Å². The molecule has 0 amide bonds. The average Bonchev–Trinajstić information content (AvgIpc) is 1.86. The van der Waals surface area contributed by atoms with E-state index < -0.39 is 0 Å². The normalized spacial score (nSPS) is 14.9. The summed E-state index contributed by atoms with van der Waals surface area (Å²) in [6.45, 7) is 10.7. The molecular weight excluding hydrogens is 168 g/mol. The van der Waals surface area contributed by atoms with Crippen LogP contribution in [0.4, 0.5) is 0 Å². The molecule has 12 heavy (non-hydrogen) atoms. The molecule has 0 heterocycles. The first kappa shape index (κ1) is 12.0. The Morgan fingerprint density at radius 2 is 1.75 bits per heavy atom. The van der Waals surface area contributed by atoms with E-state index in [0.29, 0.717) is 5.92 Å². The minimum Gasteiger partial charge on any atom is -0.396 e. The summed E-state index contributed by atoms with van der Waals surface area (Å²) in [7, 11) is 0. The van der Waals surface area contributed by atoms with Crippen molar-refractivity contribution in [1.82, 2.24) is 0 Å². The zero-order valence-electron chi connectivity index (χ0n) is 8.72. The first-order valence-corrected chi connectivity index (χ1v) is 4.86. The highest BCUT2D eigenvalue weighted by molar-refractivity contribution is 7.80. The molecule has 1 atom stereocenters. The van der Waals surface area contributed by atoms with Gasteiger partial charge in [0.25, 0.3) is 0 Å². The zero-order chi connectivity index (χ0) is 9.94. The molecule has 0 saturated carbocycles. The lowest BCUT2D eigenvalue weighted by atomic mass is 9.80. The maximum atomic E-state index is 9.14. The molecule has 0 aliphatic rings. The molecule has 0 saturated heterocycles. The molecule has 0 spiro atoms. The number of aliphatic hydroxyl groups excluding tert-OH is 1. The zero-order valence-corrected chi connectivity index (χ0v) is 9.53. The third kappa shape index (κ3) is 3.20. The van der Waals surface area contributed by atoms with Crippen LogP contribution in [0.3, 0.4) is 0 Å². The predicted molar refractivity (Wildman–Crippen MR) is 57.5 cm³/mol. The molecular formula is C10H20OS. The van der Waals surface area contributed by atoms with Gasteiger partial charge < -0.3 is 5.11 Å². The quantitative estimate of drug-likeness (QED) is 0.687. The van der Waals surface area contributed by atoms with Gasteiger partial charge >= 0.3 is 0 Å². The summed E-state index contributed by atoms with van der Waals surface area (Å²) in [5.74, 6) is 0.599. The minimum atomic E-state index is 0.0347. The maximum Gasteiger partial charge on any atom is 0.0507 e. The van der Waals surface area contributed by atoms with Gasteiger partial charge in [-0.2, -0.15) is 0 Å². The second-order valence-electron chi connectivity index (χ2n) is 4.65. The van der Waals surface area contributed by atoms with Crippen LogP contribution in [0.2, 0.25) is 0 Å². The van der Waals surface area contributed by atoms with Gasteiger partial charge in [-0.1, -0.05) is 46.8 Å². The lowest BCUT2D eigenvalue weighted by Gasteiger charge is -2.28. The molecule has 0 rings (SSSR count). The molecule has 0 unspecified atom stereocenters. The fourth-order valence-corrected chi connectivity index (χ4v) is 1.50. The Morgan fingerprint density at radius 1 is 1.33 bits per heavy atom. The number of hydrogen-bond acceptors (Lipinski definition) is 2. The largest absolute Gasteiger partial charge is 0.396 e. The summed E-state index contributed by atoms with van der Waals surface area (Å²) in [5, 5.41) is 9.14. The predicted octanol–water partition coefficient (Wildman–Crippen LogP) is 2.67. The molecule has 0 aliphatic heterocycles. The van der Waals surface area contributed by atoms with Gasteiger partial charge in [-0.15, -0.1) is 0 Å². The molecule has 0 bridgehead atoms. The Bertz CT molecular complexity index is 156.